The summed E-state index contributed by atoms with van der Waals surface area (Å²) in [6.07, 6.45) is 4.97. The van der Waals surface area contributed by atoms with Crippen LogP contribution in [-0.2, 0) is 14.4 Å². The van der Waals surface area contributed by atoms with Crippen molar-refractivity contribution in [2.75, 3.05) is 0 Å². The quantitative estimate of drug-likeness (QED) is 0.631. The maximum absolute atomic E-state index is 12.5. The lowest BCUT2D eigenvalue weighted by atomic mass is 9.73. The molecule has 5 nitrogen and oxygen atoms in total. The van der Waals surface area contributed by atoms with Crippen LogP contribution in [0.5, 0.6) is 0 Å². The number of carboxylic acid groups (broad SMARTS) is 1. The fraction of sp³-hybridized carbons (Fsp3) is 0.667. The van der Waals surface area contributed by atoms with Gasteiger partial charge in [0.2, 0.25) is 11.8 Å². The molecule has 0 saturated carbocycles. The summed E-state index contributed by atoms with van der Waals surface area (Å²) in [5, 5.41) is 9.41. The Morgan fingerprint density at radius 1 is 1.10 bits per heavy atom. The predicted octanol–water partition coefficient (Wildman–Crippen LogP) is 1.83. The number of allylic oxidation sites excluding steroid dienone is 2. The summed E-state index contributed by atoms with van der Waals surface area (Å²) in [7, 11) is 0. The summed E-state index contributed by atoms with van der Waals surface area (Å²) in [4.78, 5) is 37.8. The van der Waals surface area contributed by atoms with Crippen LogP contribution in [0.2, 0.25) is 0 Å². The highest BCUT2D eigenvalue weighted by Gasteiger charge is 2.58. The molecule has 110 valence electrons. The van der Waals surface area contributed by atoms with Crippen molar-refractivity contribution in [3.63, 3.8) is 0 Å². The highest BCUT2D eigenvalue weighted by molar-refractivity contribution is 6.06. The highest BCUT2D eigenvalue weighted by atomic mass is 16.4. The Kier molecular flexibility index (Phi) is 3.27. The normalized spacial score (nSPS) is 26.9. The number of nitrogens with zero attached hydrogens (tertiary/aromatic N) is 1. The van der Waals surface area contributed by atoms with Gasteiger partial charge in [0, 0.05) is 0 Å². The van der Waals surface area contributed by atoms with Crippen LogP contribution in [-0.4, -0.2) is 33.3 Å². The molecule has 0 aromatic rings. The zero-order valence-electron chi connectivity index (χ0n) is 12.3. The fourth-order valence-electron chi connectivity index (χ4n) is 2.89. The Morgan fingerprint density at radius 2 is 1.50 bits per heavy atom. The van der Waals surface area contributed by atoms with Crippen molar-refractivity contribution in [3.05, 3.63) is 12.2 Å². The lowest BCUT2D eigenvalue weighted by Crippen LogP contribution is -2.59. The second kappa shape index (κ2) is 4.43. The van der Waals surface area contributed by atoms with Crippen LogP contribution >= 0.6 is 0 Å². The van der Waals surface area contributed by atoms with Gasteiger partial charge in [0.15, 0.2) is 0 Å². The van der Waals surface area contributed by atoms with Crippen LogP contribution in [0.15, 0.2) is 12.2 Å². The molecule has 2 aliphatic rings. The number of likely N-dealkylation sites (tertiary alicyclic amines) is 1. The first-order chi connectivity index (χ1) is 9.12. The molecular weight excluding hydrogens is 258 g/mol. The summed E-state index contributed by atoms with van der Waals surface area (Å²) in [6.45, 7) is 6.41. The summed E-state index contributed by atoms with van der Waals surface area (Å²) in [6, 6.07) is 0. The van der Waals surface area contributed by atoms with E-state index in [2.05, 4.69) is 0 Å². The van der Waals surface area contributed by atoms with E-state index in [4.69, 9.17) is 0 Å². The van der Waals surface area contributed by atoms with Crippen LogP contribution in [0.4, 0.5) is 0 Å². The van der Waals surface area contributed by atoms with E-state index in [9.17, 15) is 19.5 Å². The molecule has 2 amide bonds. The smallest absolute Gasteiger partial charge is 0.311 e. The summed E-state index contributed by atoms with van der Waals surface area (Å²) in [5.41, 5.74) is -2.27. The SMILES string of the molecule is CC(C)(C(=O)O)C(C)(C)N1C(=O)C2CC=CCC2C1=O. The molecule has 0 aromatic carbocycles. The van der Waals surface area contributed by atoms with E-state index in [0.717, 1.165) is 0 Å². The maximum atomic E-state index is 12.5. The van der Waals surface area contributed by atoms with Crippen LogP contribution in [0.25, 0.3) is 0 Å². The molecule has 0 spiro atoms. The minimum absolute atomic E-state index is 0.233. The molecule has 1 heterocycles. The van der Waals surface area contributed by atoms with Crippen LogP contribution in [0.1, 0.15) is 40.5 Å². The first-order valence-corrected chi connectivity index (χ1v) is 6.88. The van der Waals surface area contributed by atoms with Gasteiger partial charge in [-0.05, 0) is 40.5 Å². The van der Waals surface area contributed by atoms with Gasteiger partial charge in [-0.15, -0.1) is 0 Å². The molecule has 0 radical (unpaired) electrons. The number of aliphatic carboxylic acids is 1. The molecule has 5 heteroatoms. The molecule has 1 aliphatic carbocycles. The Morgan fingerprint density at radius 3 is 1.85 bits per heavy atom. The number of carbonyl (C=O) groups excluding carboxylic acids is 2. The summed E-state index contributed by atoms with van der Waals surface area (Å²) >= 11 is 0. The molecule has 1 N–H and O–H groups in total. The lowest BCUT2D eigenvalue weighted by Gasteiger charge is -2.44. The lowest BCUT2D eigenvalue weighted by molar-refractivity contribution is -0.163. The van der Waals surface area contributed by atoms with Crippen LogP contribution < -0.4 is 0 Å². The Balaban J connectivity index is 2.41. The van der Waals surface area contributed by atoms with E-state index in [0.29, 0.717) is 12.8 Å². The van der Waals surface area contributed by atoms with Crippen molar-refractivity contribution in [3.8, 4) is 0 Å². The average molecular weight is 279 g/mol. The van der Waals surface area contributed by atoms with Gasteiger partial charge in [-0.1, -0.05) is 12.2 Å². The second-order valence-electron chi connectivity index (χ2n) is 6.66. The van der Waals surface area contributed by atoms with Crippen molar-refractivity contribution in [1.82, 2.24) is 4.90 Å². The third-order valence-electron chi connectivity index (χ3n) is 5.13. The molecule has 2 unspecified atom stereocenters. The van der Waals surface area contributed by atoms with E-state index in [1.54, 1.807) is 27.7 Å². The largest absolute Gasteiger partial charge is 0.481 e. The second-order valence-corrected chi connectivity index (χ2v) is 6.66. The molecule has 2 rings (SSSR count). The standard InChI is InChI=1S/C15H21NO4/c1-14(2,13(19)20)15(3,4)16-11(17)9-7-5-6-8-10(9)12(16)18/h5-6,9-10H,7-8H2,1-4H3,(H,19,20). The van der Waals surface area contributed by atoms with E-state index >= 15 is 0 Å². The number of imide groups is 1. The van der Waals surface area contributed by atoms with Crippen molar-refractivity contribution >= 4 is 17.8 Å². The highest BCUT2D eigenvalue weighted by Crippen LogP contribution is 2.44. The number of fused-ring (bicyclic) bond motifs is 1. The number of carbonyl (C=O) groups is 3. The predicted molar refractivity (Wildman–Crippen MR) is 72.7 cm³/mol. The zero-order chi connectivity index (χ0) is 15.3. The molecule has 0 bridgehead atoms. The Labute approximate surface area is 118 Å². The first-order valence-electron chi connectivity index (χ1n) is 6.88. The Hall–Kier alpha value is -1.65. The van der Waals surface area contributed by atoms with Crippen molar-refractivity contribution < 1.29 is 19.5 Å². The fourth-order valence-corrected chi connectivity index (χ4v) is 2.89. The van der Waals surface area contributed by atoms with Gasteiger partial charge in [0.25, 0.3) is 0 Å². The molecular formula is C15H21NO4. The van der Waals surface area contributed by atoms with Gasteiger partial charge < -0.3 is 5.11 Å². The van der Waals surface area contributed by atoms with Gasteiger partial charge in [0.05, 0.1) is 22.8 Å². The van der Waals surface area contributed by atoms with Crippen molar-refractivity contribution in [1.29, 1.82) is 0 Å². The molecule has 1 aliphatic heterocycles. The number of rotatable bonds is 3. The van der Waals surface area contributed by atoms with Crippen LogP contribution in [0, 0.1) is 17.3 Å². The van der Waals surface area contributed by atoms with E-state index in [-0.39, 0.29) is 23.7 Å². The minimum atomic E-state index is -1.21. The third-order valence-corrected chi connectivity index (χ3v) is 5.13. The molecule has 0 aromatic heterocycles. The monoisotopic (exact) mass is 279 g/mol. The molecule has 2 atom stereocenters. The van der Waals surface area contributed by atoms with Gasteiger partial charge in [-0.2, -0.15) is 0 Å². The van der Waals surface area contributed by atoms with Crippen LogP contribution in [0.3, 0.4) is 0 Å². The van der Waals surface area contributed by atoms with E-state index in [1.807, 2.05) is 12.2 Å². The van der Waals surface area contributed by atoms with Gasteiger partial charge in [-0.25, -0.2) is 0 Å². The van der Waals surface area contributed by atoms with Gasteiger partial charge >= 0.3 is 5.97 Å². The van der Waals surface area contributed by atoms with Crippen molar-refractivity contribution in [2.24, 2.45) is 17.3 Å². The number of amides is 2. The first kappa shape index (κ1) is 14.8. The maximum Gasteiger partial charge on any atom is 0.311 e. The van der Waals surface area contributed by atoms with Gasteiger partial charge in [0.1, 0.15) is 0 Å². The summed E-state index contributed by atoms with van der Waals surface area (Å²) in [5.74, 6) is -2.13. The number of hydrogen-bond donors (Lipinski definition) is 1. The molecule has 20 heavy (non-hydrogen) atoms. The van der Waals surface area contributed by atoms with Crippen molar-refractivity contribution in [2.45, 2.75) is 46.1 Å². The minimum Gasteiger partial charge on any atom is -0.481 e. The Bertz CT molecular complexity index is 478. The topological polar surface area (TPSA) is 74.7 Å². The average Bonchev–Trinajstić information content (AvgIpc) is 2.62. The number of hydrogen-bond acceptors (Lipinski definition) is 3. The third kappa shape index (κ3) is 1.79. The van der Waals surface area contributed by atoms with E-state index < -0.39 is 16.9 Å². The molecule has 1 fully saturated rings. The van der Waals surface area contributed by atoms with E-state index in [1.165, 1.54) is 4.90 Å². The number of carboxylic acids is 1. The summed E-state index contributed by atoms with van der Waals surface area (Å²) < 4.78 is 0. The zero-order valence-corrected chi connectivity index (χ0v) is 12.3. The molecule has 1 saturated heterocycles. The van der Waals surface area contributed by atoms with Gasteiger partial charge in [-0.3, -0.25) is 19.3 Å².